The van der Waals surface area contributed by atoms with Gasteiger partial charge in [-0.15, -0.1) is 11.5 Å². The number of amides is 1. The number of nitrogens with zero attached hydrogens (tertiary/aromatic N) is 3. The Hall–Kier alpha value is -2.87. The van der Waals surface area contributed by atoms with Crippen LogP contribution in [-0.2, 0) is 4.79 Å². The Bertz CT molecular complexity index is 1040. The number of H-pyrrole nitrogens is 1. The van der Waals surface area contributed by atoms with Crippen LogP contribution in [0, 0.1) is 0 Å². The molecule has 1 amide bonds. The smallest absolute Gasteiger partial charge is 0.237 e. The maximum absolute atomic E-state index is 13.4. The maximum atomic E-state index is 13.4. The molecule has 0 radical (unpaired) electrons. The molecule has 1 aromatic rings. The zero-order chi connectivity index (χ0) is 20.5. The monoisotopic (exact) mass is 400 g/mol. The standard InChI is InChI=1S/C25H28N4O/c1-2-10-20-21-22(28-23(27-21)18-13-8-9-14-18)24-26-19(16-29(24)25(20)30)15-17-11-6-4-3-5-7-12-17/h4-7,11,18-20H,2,8-10,13-16H2,1H3,(H,27,28)/b11-6-/t3?,12?,19-,20?/m1/s1. The molecule has 5 nitrogen and oxygen atoms in total. The predicted octanol–water partition coefficient (Wildman–Crippen LogP) is 4.67. The van der Waals surface area contributed by atoms with Crippen molar-refractivity contribution in [3.8, 4) is 0 Å². The van der Waals surface area contributed by atoms with E-state index in [1.807, 2.05) is 35.3 Å². The lowest BCUT2D eigenvalue weighted by molar-refractivity contribution is -0.129. The van der Waals surface area contributed by atoms with E-state index in [1.54, 1.807) is 0 Å². The summed E-state index contributed by atoms with van der Waals surface area (Å²) in [6.45, 7) is 2.77. The second kappa shape index (κ2) is 8.10. The van der Waals surface area contributed by atoms with Gasteiger partial charge in [0.05, 0.1) is 24.2 Å². The van der Waals surface area contributed by atoms with Gasteiger partial charge in [-0.3, -0.25) is 14.7 Å². The van der Waals surface area contributed by atoms with Gasteiger partial charge in [-0.1, -0.05) is 38.3 Å². The first kappa shape index (κ1) is 19.1. The van der Waals surface area contributed by atoms with Crippen molar-refractivity contribution in [3.63, 3.8) is 0 Å². The number of imidazole rings is 1. The van der Waals surface area contributed by atoms with Crippen molar-refractivity contribution >= 4 is 11.7 Å². The molecule has 0 spiro atoms. The molecule has 5 rings (SSSR count). The van der Waals surface area contributed by atoms with E-state index in [0.29, 0.717) is 12.5 Å². The van der Waals surface area contributed by atoms with E-state index < -0.39 is 0 Å². The van der Waals surface area contributed by atoms with Crippen LogP contribution in [-0.4, -0.2) is 39.2 Å². The van der Waals surface area contributed by atoms with Crippen molar-refractivity contribution in [2.24, 2.45) is 4.99 Å². The zero-order valence-corrected chi connectivity index (χ0v) is 17.5. The molecular weight excluding hydrogens is 372 g/mol. The molecule has 5 heteroatoms. The van der Waals surface area contributed by atoms with E-state index >= 15 is 0 Å². The molecule has 1 aromatic heterocycles. The third-order valence-corrected chi connectivity index (χ3v) is 6.54. The summed E-state index contributed by atoms with van der Waals surface area (Å²) in [6, 6.07) is 0.0387. The molecular formula is C25H28N4O. The van der Waals surface area contributed by atoms with Crippen molar-refractivity contribution in [2.75, 3.05) is 6.54 Å². The van der Waals surface area contributed by atoms with E-state index in [9.17, 15) is 4.79 Å². The lowest BCUT2D eigenvalue weighted by atomic mass is 9.92. The number of nitrogens with one attached hydrogen (secondary N) is 1. The van der Waals surface area contributed by atoms with Gasteiger partial charge in [0, 0.05) is 12.3 Å². The minimum Gasteiger partial charge on any atom is -0.344 e. The second-order valence-corrected chi connectivity index (χ2v) is 8.66. The summed E-state index contributed by atoms with van der Waals surface area (Å²) in [7, 11) is 0. The fourth-order valence-corrected chi connectivity index (χ4v) is 5.06. The van der Waals surface area contributed by atoms with Crippen molar-refractivity contribution in [1.82, 2.24) is 14.9 Å². The number of rotatable bonds is 5. The number of aromatic amines is 1. The first-order valence-corrected chi connectivity index (χ1v) is 11.3. The Labute approximate surface area is 177 Å². The van der Waals surface area contributed by atoms with Crippen LogP contribution in [0.4, 0.5) is 0 Å². The summed E-state index contributed by atoms with van der Waals surface area (Å²) in [5, 5.41) is 0. The van der Waals surface area contributed by atoms with E-state index in [2.05, 4.69) is 23.4 Å². The van der Waals surface area contributed by atoms with Crippen LogP contribution < -0.4 is 0 Å². The van der Waals surface area contributed by atoms with Gasteiger partial charge in [-0.25, -0.2) is 4.98 Å². The van der Waals surface area contributed by atoms with E-state index in [4.69, 9.17) is 9.98 Å². The van der Waals surface area contributed by atoms with Gasteiger partial charge in [0.2, 0.25) is 5.91 Å². The van der Waals surface area contributed by atoms with Crippen LogP contribution in [0.3, 0.4) is 0 Å². The van der Waals surface area contributed by atoms with Crippen molar-refractivity contribution in [1.29, 1.82) is 0 Å². The largest absolute Gasteiger partial charge is 0.344 e. The average molecular weight is 401 g/mol. The van der Waals surface area contributed by atoms with Gasteiger partial charge in [-0.05, 0) is 43.1 Å². The van der Waals surface area contributed by atoms with Gasteiger partial charge in [-0.2, -0.15) is 0 Å². The van der Waals surface area contributed by atoms with Gasteiger partial charge >= 0.3 is 0 Å². The number of aromatic nitrogens is 2. The minimum atomic E-state index is -0.124. The Kier molecular flexibility index (Phi) is 5.16. The van der Waals surface area contributed by atoms with Crippen LogP contribution in [0.2, 0.25) is 0 Å². The maximum Gasteiger partial charge on any atom is 0.237 e. The minimum absolute atomic E-state index is 0.0387. The normalized spacial score (nSPS) is 26.3. The molecule has 4 aliphatic rings. The quantitative estimate of drug-likeness (QED) is 0.730. The average Bonchev–Trinajstić information content (AvgIpc) is 3.45. The summed E-state index contributed by atoms with van der Waals surface area (Å²) in [4.78, 5) is 28.8. The van der Waals surface area contributed by atoms with Crippen LogP contribution in [0.1, 0.15) is 80.9 Å². The lowest BCUT2D eigenvalue weighted by Crippen LogP contribution is -2.43. The third kappa shape index (κ3) is 3.45. The van der Waals surface area contributed by atoms with Crippen LogP contribution in [0.25, 0.3) is 0 Å². The highest BCUT2D eigenvalue weighted by molar-refractivity contribution is 6.13. The van der Waals surface area contributed by atoms with Gasteiger partial charge in [0.25, 0.3) is 0 Å². The molecule has 0 aromatic carbocycles. The molecule has 0 bridgehead atoms. The van der Waals surface area contributed by atoms with Gasteiger partial charge in [0.1, 0.15) is 11.5 Å². The third-order valence-electron chi connectivity index (χ3n) is 6.54. The Balaban J connectivity index is 1.47. The number of fused-ring (bicyclic) bond motifs is 3. The van der Waals surface area contributed by atoms with Crippen molar-refractivity contribution < 1.29 is 4.79 Å². The van der Waals surface area contributed by atoms with Gasteiger partial charge < -0.3 is 4.98 Å². The van der Waals surface area contributed by atoms with Crippen molar-refractivity contribution in [3.05, 3.63) is 64.6 Å². The molecule has 3 heterocycles. The number of amidine groups is 1. The number of carbonyl (C=O) groups is 1. The Morgan fingerprint density at radius 2 is 2.10 bits per heavy atom. The zero-order valence-electron chi connectivity index (χ0n) is 17.5. The van der Waals surface area contributed by atoms with Gasteiger partial charge in [0.15, 0.2) is 5.84 Å². The highest BCUT2D eigenvalue weighted by Gasteiger charge is 2.44. The molecule has 154 valence electrons. The van der Waals surface area contributed by atoms with E-state index in [-0.39, 0.29) is 17.9 Å². The second-order valence-electron chi connectivity index (χ2n) is 8.66. The molecule has 1 N–H and O–H groups in total. The number of hydrogen-bond donors (Lipinski definition) is 1. The molecule has 2 aliphatic carbocycles. The molecule has 30 heavy (non-hydrogen) atoms. The molecule has 2 atom stereocenters. The van der Waals surface area contributed by atoms with Crippen LogP contribution in [0.15, 0.2) is 52.4 Å². The first-order valence-electron chi connectivity index (χ1n) is 11.3. The molecule has 0 saturated heterocycles. The number of carbonyl (C=O) groups excluding carboxylic acids is 1. The SMILES string of the molecule is CCCC1C(=O)N2C[C@@H](CC3=C=CC=C=C/C=C\3)N=C2c2nc(C3CCCC3)[nH]c21. The number of aliphatic imine (C=N–C) groups is 1. The molecule has 1 fully saturated rings. The summed E-state index contributed by atoms with van der Waals surface area (Å²) in [5.74, 6) is 2.38. The fraction of sp³-hybridized carbons (Fsp3) is 0.480. The summed E-state index contributed by atoms with van der Waals surface area (Å²) in [5.41, 5.74) is 9.35. The highest BCUT2D eigenvalue weighted by Crippen LogP contribution is 2.39. The lowest BCUT2D eigenvalue weighted by Gasteiger charge is -2.29. The molecule has 2 aliphatic heterocycles. The number of hydrogen-bond acceptors (Lipinski definition) is 3. The predicted molar refractivity (Wildman–Crippen MR) is 117 cm³/mol. The van der Waals surface area contributed by atoms with Crippen molar-refractivity contribution in [2.45, 2.75) is 69.7 Å². The number of allylic oxidation sites excluding steroid dienone is 3. The van der Waals surface area contributed by atoms with Crippen LogP contribution >= 0.6 is 0 Å². The highest BCUT2D eigenvalue weighted by atomic mass is 16.2. The molecule has 1 unspecified atom stereocenters. The summed E-state index contributed by atoms with van der Waals surface area (Å²) < 4.78 is 0. The van der Waals surface area contributed by atoms with E-state index in [0.717, 1.165) is 47.9 Å². The Morgan fingerprint density at radius 3 is 2.93 bits per heavy atom. The van der Waals surface area contributed by atoms with E-state index in [1.165, 1.54) is 25.7 Å². The van der Waals surface area contributed by atoms with Crippen LogP contribution in [0.5, 0.6) is 0 Å². The molecule has 1 saturated carbocycles. The Morgan fingerprint density at radius 1 is 1.23 bits per heavy atom. The topological polar surface area (TPSA) is 61.4 Å². The summed E-state index contributed by atoms with van der Waals surface area (Å²) >= 11 is 0. The first-order chi connectivity index (χ1) is 14.7. The summed E-state index contributed by atoms with van der Waals surface area (Å²) in [6.07, 6.45) is 17.1. The fourth-order valence-electron chi connectivity index (χ4n) is 5.06.